The van der Waals surface area contributed by atoms with Crippen molar-refractivity contribution in [2.75, 3.05) is 0 Å². The molecule has 0 saturated heterocycles. The van der Waals surface area contributed by atoms with Crippen LogP contribution < -0.4 is 0 Å². The Morgan fingerprint density at radius 2 is 1.53 bits per heavy atom. The van der Waals surface area contributed by atoms with Gasteiger partial charge >= 0.3 is 0 Å². The number of rotatable bonds is 12. The zero-order valence-corrected chi connectivity index (χ0v) is 12.7. The molecular weight excluding hydrogens is 232 g/mol. The van der Waals surface area contributed by atoms with Crippen molar-refractivity contribution in [3.05, 3.63) is 0 Å². The largest absolute Gasteiger partial charge is 0.380 e. The maximum Gasteiger partial charge on any atom is 0.117 e. The van der Waals surface area contributed by atoms with Gasteiger partial charge in [0.15, 0.2) is 0 Å². The van der Waals surface area contributed by atoms with Crippen LogP contribution in [0.3, 0.4) is 0 Å². The SMILES string of the molecule is C#C[C@H](O)[C@@H]1C[C@H]1CCCCCCCCCCCC. The van der Waals surface area contributed by atoms with Gasteiger partial charge in [-0.3, -0.25) is 0 Å². The van der Waals surface area contributed by atoms with Crippen molar-refractivity contribution >= 4 is 0 Å². The minimum absolute atomic E-state index is 0.420. The van der Waals surface area contributed by atoms with E-state index in [4.69, 9.17) is 6.42 Å². The molecule has 19 heavy (non-hydrogen) atoms. The van der Waals surface area contributed by atoms with E-state index in [0.29, 0.717) is 5.92 Å². The number of hydrogen-bond donors (Lipinski definition) is 1. The molecule has 3 atom stereocenters. The molecule has 0 aromatic rings. The van der Waals surface area contributed by atoms with E-state index in [1.54, 1.807) is 0 Å². The first-order valence-corrected chi connectivity index (χ1v) is 8.43. The van der Waals surface area contributed by atoms with Crippen LogP contribution in [0.2, 0.25) is 0 Å². The van der Waals surface area contributed by atoms with Gasteiger partial charge in [-0.15, -0.1) is 6.42 Å². The Labute approximate surface area is 120 Å². The first kappa shape index (κ1) is 16.6. The summed E-state index contributed by atoms with van der Waals surface area (Å²) in [5.74, 6) is 3.59. The van der Waals surface area contributed by atoms with E-state index < -0.39 is 6.10 Å². The summed E-state index contributed by atoms with van der Waals surface area (Å²) in [6.45, 7) is 2.27. The van der Waals surface area contributed by atoms with Gasteiger partial charge in [-0.2, -0.15) is 0 Å². The number of terminal acetylenes is 1. The highest BCUT2D eigenvalue weighted by atomic mass is 16.3. The smallest absolute Gasteiger partial charge is 0.117 e. The normalized spacial score (nSPS) is 23.0. The molecule has 1 aliphatic carbocycles. The fraction of sp³-hybridized carbons (Fsp3) is 0.889. The molecule has 1 fully saturated rings. The summed E-state index contributed by atoms with van der Waals surface area (Å²) in [6, 6.07) is 0. The standard InChI is InChI=1S/C18H32O/c1-3-5-6-7-8-9-10-11-12-13-14-16-15-17(16)18(19)4-2/h2,16-19H,3,5-15H2,1H3/t16-,17-,18+/m1/s1. The van der Waals surface area contributed by atoms with E-state index in [9.17, 15) is 5.11 Å². The van der Waals surface area contributed by atoms with Gasteiger partial charge in [0.25, 0.3) is 0 Å². The van der Waals surface area contributed by atoms with Crippen molar-refractivity contribution in [1.82, 2.24) is 0 Å². The molecule has 1 saturated carbocycles. The minimum Gasteiger partial charge on any atom is -0.380 e. The molecule has 0 aliphatic heterocycles. The van der Waals surface area contributed by atoms with E-state index in [2.05, 4.69) is 12.8 Å². The molecule has 0 radical (unpaired) electrons. The second kappa shape index (κ2) is 10.3. The van der Waals surface area contributed by atoms with Gasteiger partial charge in [0, 0.05) is 0 Å². The molecule has 0 amide bonds. The summed E-state index contributed by atoms with van der Waals surface area (Å²) < 4.78 is 0. The van der Waals surface area contributed by atoms with Gasteiger partial charge in [-0.25, -0.2) is 0 Å². The Kier molecular flexibility index (Phi) is 9.01. The first-order chi connectivity index (χ1) is 9.29. The predicted octanol–water partition coefficient (Wildman–Crippen LogP) is 4.93. The Balaban J connectivity index is 1.77. The Morgan fingerprint density at radius 1 is 1.00 bits per heavy atom. The molecule has 0 bridgehead atoms. The predicted molar refractivity (Wildman–Crippen MR) is 82.9 cm³/mol. The number of aliphatic hydroxyl groups excluding tert-OH is 1. The maximum atomic E-state index is 9.49. The van der Waals surface area contributed by atoms with Gasteiger partial charge in [0.2, 0.25) is 0 Å². The summed E-state index contributed by atoms with van der Waals surface area (Å²) in [5.41, 5.74) is 0. The van der Waals surface area contributed by atoms with Crippen molar-refractivity contribution in [3.8, 4) is 12.3 Å². The van der Waals surface area contributed by atoms with Crippen LogP contribution in [0, 0.1) is 24.2 Å². The van der Waals surface area contributed by atoms with Crippen molar-refractivity contribution in [1.29, 1.82) is 0 Å². The quantitative estimate of drug-likeness (QED) is 0.391. The van der Waals surface area contributed by atoms with Crippen LogP contribution >= 0.6 is 0 Å². The highest BCUT2D eigenvalue weighted by molar-refractivity contribution is 5.05. The highest BCUT2D eigenvalue weighted by Crippen LogP contribution is 2.44. The van der Waals surface area contributed by atoms with E-state index in [0.717, 1.165) is 12.3 Å². The third-order valence-corrected chi connectivity index (χ3v) is 4.48. The summed E-state index contributed by atoms with van der Waals surface area (Å²) in [6.07, 6.45) is 21.1. The van der Waals surface area contributed by atoms with Crippen LogP contribution in [0.15, 0.2) is 0 Å². The fourth-order valence-electron chi connectivity index (χ4n) is 3.01. The van der Waals surface area contributed by atoms with Crippen molar-refractivity contribution in [2.45, 2.75) is 90.1 Å². The molecule has 0 aromatic carbocycles. The lowest BCUT2D eigenvalue weighted by atomic mass is 10.0. The van der Waals surface area contributed by atoms with Crippen LogP contribution in [0.4, 0.5) is 0 Å². The van der Waals surface area contributed by atoms with Crippen molar-refractivity contribution in [2.24, 2.45) is 11.8 Å². The van der Waals surface area contributed by atoms with E-state index in [1.807, 2.05) is 0 Å². The molecule has 1 rings (SSSR count). The van der Waals surface area contributed by atoms with Gasteiger partial charge in [0.1, 0.15) is 6.10 Å². The lowest BCUT2D eigenvalue weighted by Gasteiger charge is -2.03. The molecule has 110 valence electrons. The topological polar surface area (TPSA) is 20.2 Å². The van der Waals surface area contributed by atoms with Crippen LogP contribution in [-0.2, 0) is 0 Å². The van der Waals surface area contributed by atoms with Gasteiger partial charge < -0.3 is 5.11 Å². The van der Waals surface area contributed by atoms with Gasteiger partial charge in [-0.05, 0) is 18.3 Å². The molecule has 1 heteroatoms. The molecule has 0 spiro atoms. The van der Waals surface area contributed by atoms with Gasteiger partial charge in [0.05, 0.1) is 0 Å². The van der Waals surface area contributed by atoms with Gasteiger partial charge in [-0.1, -0.05) is 83.5 Å². The zero-order chi connectivity index (χ0) is 13.9. The zero-order valence-electron chi connectivity index (χ0n) is 12.7. The monoisotopic (exact) mass is 264 g/mol. The van der Waals surface area contributed by atoms with Crippen LogP contribution in [0.25, 0.3) is 0 Å². The van der Waals surface area contributed by atoms with Crippen molar-refractivity contribution < 1.29 is 5.11 Å². The second-order valence-corrected chi connectivity index (χ2v) is 6.24. The molecule has 1 aliphatic rings. The van der Waals surface area contributed by atoms with Crippen LogP contribution in [-0.4, -0.2) is 11.2 Å². The minimum atomic E-state index is -0.479. The highest BCUT2D eigenvalue weighted by Gasteiger charge is 2.40. The molecule has 0 aromatic heterocycles. The first-order valence-electron chi connectivity index (χ1n) is 8.43. The third-order valence-electron chi connectivity index (χ3n) is 4.48. The molecule has 0 heterocycles. The summed E-state index contributed by atoms with van der Waals surface area (Å²) >= 11 is 0. The Hall–Kier alpha value is -0.480. The average Bonchev–Trinajstić information content (AvgIpc) is 3.19. The Bertz CT molecular complexity index is 253. The number of aliphatic hydroxyl groups is 1. The van der Waals surface area contributed by atoms with E-state index in [-0.39, 0.29) is 0 Å². The lowest BCUT2D eigenvalue weighted by molar-refractivity contribution is 0.200. The second-order valence-electron chi connectivity index (χ2n) is 6.24. The summed E-state index contributed by atoms with van der Waals surface area (Å²) in [5, 5.41) is 9.49. The van der Waals surface area contributed by atoms with Crippen LogP contribution in [0.5, 0.6) is 0 Å². The van der Waals surface area contributed by atoms with Crippen molar-refractivity contribution in [3.63, 3.8) is 0 Å². The fourth-order valence-corrected chi connectivity index (χ4v) is 3.01. The molecular formula is C18H32O. The molecule has 0 unspecified atom stereocenters. The number of hydrogen-bond acceptors (Lipinski definition) is 1. The maximum absolute atomic E-state index is 9.49. The van der Waals surface area contributed by atoms with E-state index >= 15 is 0 Å². The third kappa shape index (κ3) is 7.63. The summed E-state index contributed by atoms with van der Waals surface area (Å²) in [4.78, 5) is 0. The lowest BCUT2D eigenvalue weighted by Crippen LogP contribution is -2.06. The molecule has 1 nitrogen and oxygen atoms in total. The van der Waals surface area contributed by atoms with Crippen LogP contribution in [0.1, 0.15) is 84.0 Å². The Morgan fingerprint density at radius 3 is 2.05 bits per heavy atom. The van der Waals surface area contributed by atoms with E-state index in [1.165, 1.54) is 70.6 Å². The average molecular weight is 264 g/mol. The number of unbranched alkanes of at least 4 members (excludes halogenated alkanes) is 9. The molecule has 1 N–H and O–H groups in total. The summed E-state index contributed by atoms with van der Waals surface area (Å²) in [7, 11) is 0.